The maximum absolute atomic E-state index is 12.1. The fourth-order valence-electron chi connectivity index (χ4n) is 2.49. The van der Waals surface area contributed by atoms with E-state index in [0.717, 1.165) is 16.9 Å². The number of ether oxygens (including phenoxy) is 1. The highest BCUT2D eigenvalue weighted by atomic mass is 16.6. The highest BCUT2D eigenvalue weighted by molar-refractivity contribution is 6.00. The Balaban J connectivity index is 1.68. The van der Waals surface area contributed by atoms with E-state index in [4.69, 9.17) is 4.74 Å². The van der Waals surface area contributed by atoms with Crippen molar-refractivity contribution in [2.24, 2.45) is 0 Å². The van der Waals surface area contributed by atoms with E-state index in [0.29, 0.717) is 17.9 Å². The number of fused-ring (bicyclic) bond motifs is 1. The summed E-state index contributed by atoms with van der Waals surface area (Å²) >= 11 is 0. The summed E-state index contributed by atoms with van der Waals surface area (Å²) in [6, 6.07) is 12.0. The van der Waals surface area contributed by atoms with Crippen molar-refractivity contribution >= 4 is 23.4 Å². The minimum atomic E-state index is -0.466. The first-order valence-corrected chi connectivity index (χ1v) is 7.69. The zero-order chi connectivity index (χ0) is 17.8. The maximum Gasteiger partial charge on any atom is 0.269 e. The fourth-order valence-corrected chi connectivity index (χ4v) is 2.49. The van der Waals surface area contributed by atoms with Crippen molar-refractivity contribution in [2.75, 3.05) is 11.9 Å². The number of hydrogen-bond donors (Lipinski definition) is 1. The first-order chi connectivity index (χ1) is 12.0. The van der Waals surface area contributed by atoms with Gasteiger partial charge >= 0.3 is 0 Å². The van der Waals surface area contributed by atoms with Crippen LogP contribution in [0.4, 0.5) is 11.4 Å². The monoisotopic (exact) mass is 336 g/mol. The van der Waals surface area contributed by atoms with Gasteiger partial charge < -0.3 is 10.1 Å². The molecule has 1 aliphatic heterocycles. The molecule has 0 atom stereocenters. The summed E-state index contributed by atoms with van der Waals surface area (Å²) in [7, 11) is 0. The molecule has 25 heavy (non-hydrogen) atoms. The van der Waals surface area contributed by atoms with Crippen LogP contribution in [-0.4, -0.2) is 17.4 Å². The molecule has 0 saturated carbocycles. The van der Waals surface area contributed by atoms with Gasteiger partial charge in [0.25, 0.3) is 5.69 Å². The molecule has 0 fully saturated rings. The van der Waals surface area contributed by atoms with Gasteiger partial charge in [-0.1, -0.05) is 24.3 Å². The second-order valence-corrected chi connectivity index (χ2v) is 5.62. The molecule has 2 aromatic rings. The number of non-ortho nitro benzene ring substituents is 1. The molecule has 0 radical (unpaired) electrons. The van der Waals surface area contributed by atoms with Gasteiger partial charge in [0.05, 0.1) is 4.92 Å². The standard InChI is InChI=1S/C19H16N2O4/c1-13-10-16(21(23)24)7-8-17(13)20-19(22)9-6-14-11-15-4-2-3-5-18(15)25-12-14/h2-11H,12H2,1H3,(H,20,22)/b9-6+. The Labute approximate surface area is 144 Å². The van der Waals surface area contributed by atoms with Crippen LogP contribution in [0.1, 0.15) is 11.1 Å². The largest absolute Gasteiger partial charge is 0.488 e. The van der Waals surface area contributed by atoms with Gasteiger partial charge in [-0.15, -0.1) is 0 Å². The van der Waals surface area contributed by atoms with Crippen LogP contribution in [-0.2, 0) is 4.79 Å². The topological polar surface area (TPSA) is 81.5 Å². The van der Waals surface area contributed by atoms with Crippen LogP contribution >= 0.6 is 0 Å². The molecule has 0 saturated heterocycles. The predicted molar refractivity (Wildman–Crippen MR) is 95.5 cm³/mol. The fraction of sp³-hybridized carbons (Fsp3) is 0.105. The van der Waals surface area contributed by atoms with Gasteiger partial charge in [-0.2, -0.15) is 0 Å². The molecule has 126 valence electrons. The van der Waals surface area contributed by atoms with Crippen molar-refractivity contribution < 1.29 is 14.5 Å². The highest BCUT2D eigenvalue weighted by Gasteiger charge is 2.10. The smallest absolute Gasteiger partial charge is 0.269 e. The van der Waals surface area contributed by atoms with E-state index in [9.17, 15) is 14.9 Å². The van der Waals surface area contributed by atoms with Gasteiger partial charge in [-0.3, -0.25) is 14.9 Å². The Morgan fingerprint density at radius 2 is 2.08 bits per heavy atom. The number of nitro benzene ring substituents is 1. The van der Waals surface area contributed by atoms with Crippen molar-refractivity contribution in [2.45, 2.75) is 6.92 Å². The SMILES string of the molecule is Cc1cc([N+](=O)[O-])ccc1NC(=O)/C=C/C1=Cc2ccccc2OC1. The van der Waals surface area contributed by atoms with Crippen molar-refractivity contribution in [1.29, 1.82) is 0 Å². The molecule has 1 aliphatic rings. The first-order valence-electron chi connectivity index (χ1n) is 7.69. The summed E-state index contributed by atoms with van der Waals surface area (Å²) in [6.45, 7) is 2.11. The number of nitro groups is 1. The van der Waals surface area contributed by atoms with Crippen molar-refractivity contribution in [3.63, 3.8) is 0 Å². The number of rotatable bonds is 4. The number of amides is 1. The predicted octanol–water partition coefficient (Wildman–Crippen LogP) is 3.87. The zero-order valence-corrected chi connectivity index (χ0v) is 13.6. The molecule has 0 spiro atoms. The Morgan fingerprint density at radius 3 is 2.84 bits per heavy atom. The second-order valence-electron chi connectivity index (χ2n) is 5.62. The summed E-state index contributed by atoms with van der Waals surface area (Å²) in [5.41, 5.74) is 3.02. The van der Waals surface area contributed by atoms with Crippen LogP contribution in [0.15, 0.2) is 60.2 Å². The quantitative estimate of drug-likeness (QED) is 0.522. The summed E-state index contributed by atoms with van der Waals surface area (Å²) in [4.78, 5) is 22.3. The summed E-state index contributed by atoms with van der Waals surface area (Å²) in [5, 5.41) is 13.5. The number of nitrogens with zero attached hydrogens (tertiary/aromatic N) is 1. The molecule has 0 aliphatic carbocycles. The Hall–Kier alpha value is -3.41. The number of carbonyl (C=O) groups is 1. The van der Waals surface area contributed by atoms with Crippen LogP contribution in [0, 0.1) is 17.0 Å². The second kappa shape index (κ2) is 7.00. The molecule has 1 amide bonds. The molecule has 2 aromatic carbocycles. The van der Waals surface area contributed by atoms with E-state index < -0.39 is 4.92 Å². The lowest BCUT2D eigenvalue weighted by molar-refractivity contribution is -0.384. The van der Waals surface area contributed by atoms with Crippen LogP contribution < -0.4 is 10.1 Å². The van der Waals surface area contributed by atoms with Crippen LogP contribution in [0.3, 0.4) is 0 Å². The highest BCUT2D eigenvalue weighted by Crippen LogP contribution is 2.26. The van der Waals surface area contributed by atoms with E-state index in [1.54, 1.807) is 13.0 Å². The zero-order valence-electron chi connectivity index (χ0n) is 13.6. The number of hydrogen-bond acceptors (Lipinski definition) is 4. The van der Waals surface area contributed by atoms with Gasteiger partial charge in [0.1, 0.15) is 12.4 Å². The van der Waals surface area contributed by atoms with Crippen molar-refractivity contribution in [3.8, 4) is 5.75 Å². The lowest BCUT2D eigenvalue weighted by Gasteiger charge is -2.15. The minimum absolute atomic E-state index is 0.00536. The Bertz CT molecular complexity index is 900. The molecule has 6 nitrogen and oxygen atoms in total. The molecule has 3 rings (SSSR count). The summed E-state index contributed by atoms with van der Waals surface area (Å²) in [5.74, 6) is 0.516. The Morgan fingerprint density at radius 1 is 1.28 bits per heavy atom. The molecule has 0 aromatic heterocycles. The lowest BCUT2D eigenvalue weighted by atomic mass is 10.1. The third-order valence-electron chi connectivity index (χ3n) is 3.78. The number of anilines is 1. The average Bonchev–Trinajstić information content (AvgIpc) is 2.61. The van der Waals surface area contributed by atoms with E-state index in [-0.39, 0.29) is 11.6 Å². The first kappa shape index (κ1) is 16.4. The molecule has 0 bridgehead atoms. The van der Waals surface area contributed by atoms with E-state index in [1.807, 2.05) is 30.3 Å². The molecule has 1 N–H and O–H groups in total. The third-order valence-corrected chi connectivity index (χ3v) is 3.78. The van der Waals surface area contributed by atoms with Crippen LogP contribution in [0.5, 0.6) is 5.75 Å². The number of nitrogens with one attached hydrogen (secondary N) is 1. The number of carbonyl (C=O) groups excluding carboxylic acids is 1. The third kappa shape index (κ3) is 3.92. The lowest BCUT2D eigenvalue weighted by Crippen LogP contribution is -2.10. The summed E-state index contributed by atoms with van der Waals surface area (Å²) in [6.07, 6.45) is 5.09. The molecule has 6 heteroatoms. The molecular formula is C19H16N2O4. The molecule has 1 heterocycles. The molecule has 0 unspecified atom stereocenters. The number of para-hydroxylation sites is 1. The normalized spacial score (nSPS) is 12.9. The van der Waals surface area contributed by atoms with E-state index in [2.05, 4.69) is 5.32 Å². The molecular weight excluding hydrogens is 320 g/mol. The van der Waals surface area contributed by atoms with Gasteiger partial charge in [0.15, 0.2) is 0 Å². The van der Waals surface area contributed by atoms with Crippen molar-refractivity contribution in [1.82, 2.24) is 0 Å². The van der Waals surface area contributed by atoms with Gasteiger partial charge in [0, 0.05) is 29.5 Å². The van der Waals surface area contributed by atoms with Crippen LogP contribution in [0.25, 0.3) is 6.08 Å². The van der Waals surface area contributed by atoms with E-state index in [1.165, 1.54) is 24.3 Å². The van der Waals surface area contributed by atoms with E-state index >= 15 is 0 Å². The Kier molecular flexibility index (Phi) is 4.61. The summed E-state index contributed by atoms with van der Waals surface area (Å²) < 4.78 is 5.63. The average molecular weight is 336 g/mol. The van der Waals surface area contributed by atoms with Gasteiger partial charge in [-0.05, 0) is 36.3 Å². The van der Waals surface area contributed by atoms with Gasteiger partial charge in [0.2, 0.25) is 5.91 Å². The number of benzene rings is 2. The maximum atomic E-state index is 12.1. The number of aryl methyl sites for hydroxylation is 1. The van der Waals surface area contributed by atoms with Gasteiger partial charge in [-0.25, -0.2) is 0 Å². The minimum Gasteiger partial charge on any atom is -0.488 e. The van der Waals surface area contributed by atoms with Crippen molar-refractivity contribution in [3.05, 3.63) is 81.4 Å². The van der Waals surface area contributed by atoms with Crippen LogP contribution in [0.2, 0.25) is 0 Å².